The van der Waals surface area contributed by atoms with Gasteiger partial charge in [-0.2, -0.15) is 5.26 Å². The summed E-state index contributed by atoms with van der Waals surface area (Å²) in [6.45, 7) is 0. The molecular weight excluding hydrogens is 322 g/mol. The second-order valence-corrected chi connectivity index (χ2v) is 6.27. The molecule has 2 N–H and O–H groups in total. The van der Waals surface area contributed by atoms with Crippen molar-refractivity contribution in [3.8, 4) is 6.07 Å². The zero-order chi connectivity index (χ0) is 17.0. The summed E-state index contributed by atoms with van der Waals surface area (Å²) in [5, 5.41) is 15.2. The quantitative estimate of drug-likeness (QED) is 0.833. The smallest absolute Gasteiger partial charge is 0.293 e. The monoisotopic (exact) mass is 339 g/mol. The number of nitrogens with zero attached hydrogens (tertiary/aromatic N) is 1. The molecule has 24 heavy (non-hydrogen) atoms. The molecule has 0 aliphatic heterocycles. The molecule has 1 heterocycles. The predicted octanol–water partition coefficient (Wildman–Crippen LogP) is 3.74. The number of hydrogen-bond acceptors (Lipinski definition) is 4. The third kappa shape index (κ3) is 3.31. The lowest BCUT2D eigenvalue weighted by molar-refractivity contribution is 0.0950. The molecule has 1 aliphatic carbocycles. The number of carbonyl (C=O) groups excluding carboxylic acids is 1. The van der Waals surface area contributed by atoms with Crippen LogP contribution in [-0.2, 0) is 5.41 Å². The van der Waals surface area contributed by atoms with Gasteiger partial charge in [0.25, 0.3) is 5.91 Å². The first-order valence-corrected chi connectivity index (χ1v) is 8.21. The van der Waals surface area contributed by atoms with Gasteiger partial charge < -0.3 is 9.73 Å². The molecule has 5 nitrogen and oxygen atoms in total. The van der Waals surface area contributed by atoms with Crippen molar-refractivity contribution in [3.05, 3.63) is 54.0 Å². The molecule has 1 aliphatic rings. The molecule has 1 aromatic carbocycles. The molecule has 1 fully saturated rings. The molecular formula is C18H17N3O2S. The fourth-order valence-corrected chi connectivity index (χ4v) is 3.26. The van der Waals surface area contributed by atoms with E-state index in [1.807, 2.05) is 24.3 Å². The number of nitrogens with one attached hydrogen (secondary N) is 2. The lowest BCUT2D eigenvalue weighted by atomic mass is 9.80. The summed E-state index contributed by atoms with van der Waals surface area (Å²) in [5.41, 5.74) is 1.44. The van der Waals surface area contributed by atoms with E-state index in [2.05, 4.69) is 16.7 Å². The van der Waals surface area contributed by atoms with Crippen LogP contribution in [0.15, 0.2) is 47.1 Å². The number of anilines is 1. The molecule has 1 aromatic heterocycles. The standard InChI is InChI=1S/C18H17N3O2S/c19-12-18(9-1-2-10-18)13-5-7-14(8-6-13)20-17(24)21-16(22)15-4-3-11-23-15/h3-8,11H,1-2,9-10H2,(H2,20,21,22,24). The van der Waals surface area contributed by atoms with Crippen molar-refractivity contribution in [2.75, 3.05) is 5.32 Å². The van der Waals surface area contributed by atoms with Crippen LogP contribution in [0.2, 0.25) is 0 Å². The minimum Gasteiger partial charge on any atom is -0.459 e. The van der Waals surface area contributed by atoms with Crippen LogP contribution in [-0.4, -0.2) is 11.0 Å². The third-order valence-electron chi connectivity index (χ3n) is 4.34. The van der Waals surface area contributed by atoms with E-state index in [0.29, 0.717) is 0 Å². The van der Waals surface area contributed by atoms with Gasteiger partial charge in [0.15, 0.2) is 10.9 Å². The van der Waals surface area contributed by atoms with Crippen molar-refractivity contribution in [2.24, 2.45) is 0 Å². The van der Waals surface area contributed by atoms with Crippen LogP contribution in [0.4, 0.5) is 5.69 Å². The van der Waals surface area contributed by atoms with Crippen molar-refractivity contribution in [1.82, 2.24) is 5.32 Å². The van der Waals surface area contributed by atoms with Crippen LogP contribution < -0.4 is 10.6 Å². The highest BCUT2D eigenvalue weighted by Crippen LogP contribution is 2.40. The number of nitriles is 1. The van der Waals surface area contributed by atoms with Gasteiger partial charge in [-0.1, -0.05) is 25.0 Å². The first-order valence-electron chi connectivity index (χ1n) is 7.81. The molecule has 6 heteroatoms. The summed E-state index contributed by atoms with van der Waals surface area (Å²) in [7, 11) is 0. The van der Waals surface area contributed by atoms with Crippen molar-refractivity contribution in [1.29, 1.82) is 5.26 Å². The molecule has 122 valence electrons. The van der Waals surface area contributed by atoms with Crippen LogP contribution in [0.5, 0.6) is 0 Å². The normalized spacial score (nSPS) is 15.5. The Bertz CT molecular complexity index is 770. The number of carbonyl (C=O) groups is 1. The van der Waals surface area contributed by atoms with Crippen LogP contribution in [0.3, 0.4) is 0 Å². The summed E-state index contributed by atoms with van der Waals surface area (Å²) in [5.74, 6) is -0.199. The Kier molecular flexibility index (Phi) is 4.63. The number of rotatable bonds is 3. The lowest BCUT2D eigenvalue weighted by Gasteiger charge is -2.21. The van der Waals surface area contributed by atoms with E-state index in [1.54, 1.807) is 12.1 Å². The van der Waals surface area contributed by atoms with E-state index in [1.165, 1.54) is 6.26 Å². The van der Waals surface area contributed by atoms with E-state index < -0.39 is 5.91 Å². The van der Waals surface area contributed by atoms with E-state index in [0.717, 1.165) is 36.9 Å². The maximum atomic E-state index is 11.8. The molecule has 0 unspecified atom stereocenters. The Labute approximate surface area is 145 Å². The fraction of sp³-hybridized carbons (Fsp3) is 0.278. The highest BCUT2D eigenvalue weighted by atomic mass is 32.1. The maximum absolute atomic E-state index is 11.8. The summed E-state index contributed by atoms with van der Waals surface area (Å²) in [4.78, 5) is 11.8. The number of benzene rings is 1. The lowest BCUT2D eigenvalue weighted by Crippen LogP contribution is -2.33. The number of amides is 1. The van der Waals surface area contributed by atoms with Gasteiger partial charge in [0.1, 0.15) is 0 Å². The number of hydrogen-bond donors (Lipinski definition) is 2. The summed E-state index contributed by atoms with van der Waals surface area (Å²) in [6, 6.07) is 13.3. The van der Waals surface area contributed by atoms with E-state index >= 15 is 0 Å². The minimum atomic E-state index is -0.400. The van der Waals surface area contributed by atoms with Crippen LogP contribution in [0, 0.1) is 11.3 Å². The zero-order valence-corrected chi connectivity index (χ0v) is 13.9. The highest BCUT2D eigenvalue weighted by molar-refractivity contribution is 7.80. The first-order chi connectivity index (χ1) is 11.6. The van der Waals surface area contributed by atoms with Gasteiger partial charge in [-0.3, -0.25) is 10.1 Å². The van der Waals surface area contributed by atoms with E-state index in [9.17, 15) is 10.1 Å². The summed E-state index contributed by atoms with van der Waals surface area (Å²) in [6.07, 6.45) is 5.44. The van der Waals surface area contributed by atoms with Crippen molar-refractivity contribution >= 4 is 28.9 Å². The van der Waals surface area contributed by atoms with Crippen molar-refractivity contribution in [2.45, 2.75) is 31.1 Å². The number of thiocarbonyl (C=S) groups is 1. The van der Waals surface area contributed by atoms with Gasteiger partial charge in [-0.25, -0.2) is 0 Å². The molecule has 1 amide bonds. The Morgan fingerprint density at radius 3 is 2.50 bits per heavy atom. The van der Waals surface area contributed by atoms with Crippen molar-refractivity contribution in [3.63, 3.8) is 0 Å². The largest absolute Gasteiger partial charge is 0.459 e. The Morgan fingerprint density at radius 1 is 1.21 bits per heavy atom. The highest BCUT2D eigenvalue weighted by Gasteiger charge is 2.35. The Hall–Kier alpha value is -2.65. The van der Waals surface area contributed by atoms with Crippen LogP contribution >= 0.6 is 12.2 Å². The molecule has 0 bridgehead atoms. The molecule has 0 saturated heterocycles. The fourth-order valence-electron chi connectivity index (χ4n) is 3.05. The van der Waals surface area contributed by atoms with Crippen molar-refractivity contribution < 1.29 is 9.21 Å². The molecule has 2 aromatic rings. The molecule has 0 atom stereocenters. The molecule has 0 spiro atoms. The Morgan fingerprint density at radius 2 is 1.92 bits per heavy atom. The van der Waals surface area contributed by atoms with Gasteiger partial charge in [0.2, 0.25) is 0 Å². The van der Waals surface area contributed by atoms with Crippen LogP contribution in [0.25, 0.3) is 0 Å². The second kappa shape index (κ2) is 6.85. The summed E-state index contributed by atoms with van der Waals surface area (Å²) >= 11 is 5.13. The number of furan rings is 1. The predicted molar refractivity (Wildman–Crippen MR) is 94.6 cm³/mol. The molecule has 1 saturated carbocycles. The van der Waals surface area contributed by atoms with Crippen LogP contribution in [0.1, 0.15) is 41.8 Å². The molecule has 0 radical (unpaired) electrons. The van der Waals surface area contributed by atoms with Gasteiger partial charge in [0.05, 0.1) is 17.7 Å². The topological polar surface area (TPSA) is 78.1 Å². The second-order valence-electron chi connectivity index (χ2n) is 5.86. The Balaban J connectivity index is 1.63. The molecule has 3 rings (SSSR count). The zero-order valence-electron chi connectivity index (χ0n) is 13.0. The van der Waals surface area contributed by atoms with Gasteiger partial charge in [-0.05, 0) is 54.9 Å². The van der Waals surface area contributed by atoms with Gasteiger partial charge in [-0.15, -0.1) is 0 Å². The minimum absolute atomic E-state index is 0.194. The van der Waals surface area contributed by atoms with Gasteiger partial charge >= 0.3 is 0 Å². The van der Waals surface area contributed by atoms with Gasteiger partial charge in [0, 0.05) is 5.69 Å². The van der Waals surface area contributed by atoms with E-state index in [4.69, 9.17) is 16.6 Å². The SMILES string of the molecule is N#CC1(c2ccc(NC(=S)NC(=O)c3ccco3)cc2)CCCC1. The third-order valence-corrected chi connectivity index (χ3v) is 4.54. The maximum Gasteiger partial charge on any atom is 0.293 e. The summed E-state index contributed by atoms with van der Waals surface area (Å²) < 4.78 is 5.01. The van der Waals surface area contributed by atoms with E-state index in [-0.39, 0.29) is 16.3 Å². The first kappa shape index (κ1) is 16.2. The average Bonchev–Trinajstić information content (AvgIpc) is 3.28. The average molecular weight is 339 g/mol.